The summed E-state index contributed by atoms with van der Waals surface area (Å²) in [5, 5.41) is 6.52. The highest BCUT2D eigenvalue weighted by Crippen LogP contribution is 2.19. The number of nitrogens with one attached hydrogen (secondary N) is 2. The van der Waals surface area contributed by atoms with Gasteiger partial charge in [0.15, 0.2) is 0 Å². The monoisotopic (exact) mass is 284 g/mol. The molecule has 19 heavy (non-hydrogen) atoms. The van der Waals surface area contributed by atoms with Crippen LogP contribution in [0.4, 0.5) is 11.6 Å². The van der Waals surface area contributed by atoms with E-state index in [1.807, 2.05) is 27.7 Å². The summed E-state index contributed by atoms with van der Waals surface area (Å²) >= 11 is 0. The molecule has 1 aromatic heterocycles. The van der Waals surface area contributed by atoms with Crippen LogP contribution in [-0.2, 0) is 17.2 Å². The molecule has 0 aromatic carbocycles. The number of nitrogens with zero attached hydrogens (tertiary/aromatic N) is 2. The first-order valence-corrected chi connectivity index (χ1v) is 8.31. The normalized spacial score (nSPS) is 12.2. The Morgan fingerprint density at radius 3 is 2.26 bits per heavy atom. The lowest BCUT2D eigenvalue weighted by Crippen LogP contribution is -2.16. The zero-order chi connectivity index (χ0) is 14.3. The maximum Gasteiger partial charge on any atom is 0.134 e. The summed E-state index contributed by atoms with van der Waals surface area (Å²) in [5.41, 5.74) is 1.02. The van der Waals surface area contributed by atoms with Crippen LogP contribution >= 0.6 is 0 Å². The zero-order valence-corrected chi connectivity index (χ0v) is 13.1. The molecule has 1 rings (SSSR count). The molecule has 0 aliphatic heterocycles. The molecule has 5 nitrogen and oxygen atoms in total. The molecule has 0 saturated carbocycles. The molecular weight excluding hydrogens is 260 g/mol. The van der Waals surface area contributed by atoms with Crippen LogP contribution in [0.1, 0.15) is 32.2 Å². The van der Waals surface area contributed by atoms with Crippen LogP contribution in [0.5, 0.6) is 0 Å². The molecule has 6 heteroatoms. The SMILES string of the molecule is CCNc1nc(CC)nc(NCCS(=O)CC)c1C. The van der Waals surface area contributed by atoms with E-state index in [4.69, 9.17) is 0 Å². The summed E-state index contributed by atoms with van der Waals surface area (Å²) < 4.78 is 11.4. The molecule has 0 radical (unpaired) electrons. The summed E-state index contributed by atoms with van der Waals surface area (Å²) in [6, 6.07) is 0. The molecule has 0 aliphatic carbocycles. The maximum atomic E-state index is 11.4. The van der Waals surface area contributed by atoms with Crippen molar-refractivity contribution >= 4 is 22.4 Å². The van der Waals surface area contributed by atoms with Gasteiger partial charge in [0.05, 0.1) is 0 Å². The average Bonchev–Trinajstić information content (AvgIpc) is 2.42. The molecule has 0 aliphatic rings. The molecule has 1 unspecified atom stereocenters. The number of rotatable bonds is 8. The van der Waals surface area contributed by atoms with Gasteiger partial charge < -0.3 is 10.6 Å². The van der Waals surface area contributed by atoms with Gasteiger partial charge in [0.25, 0.3) is 0 Å². The molecule has 0 amide bonds. The third kappa shape index (κ3) is 4.78. The van der Waals surface area contributed by atoms with Crippen LogP contribution < -0.4 is 10.6 Å². The van der Waals surface area contributed by atoms with Gasteiger partial charge in [0.1, 0.15) is 17.5 Å². The van der Waals surface area contributed by atoms with Crippen LogP contribution in [-0.4, -0.2) is 38.8 Å². The minimum absolute atomic E-state index is 0.651. The molecule has 1 atom stereocenters. The second-order valence-corrected chi connectivity index (χ2v) is 6.07. The van der Waals surface area contributed by atoms with Crippen molar-refractivity contribution in [2.75, 3.05) is 35.2 Å². The van der Waals surface area contributed by atoms with Crippen molar-refractivity contribution in [3.8, 4) is 0 Å². The topological polar surface area (TPSA) is 66.9 Å². The number of anilines is 2. The fraction of sp³-hybridized carbons (Fsp3) is 0.692. The molecule has 0 spiro atoms. The Hall–Kier alpha value is -1.17. The second-order valence-electron chi connectivity index (χ2n) is 4.21. The summed E-state index contributed by atoms with van der Waals surface area (Å²) in [4.78, 5) is 8.97. The Labute approximate surface area is 118 Å². The van der Waals surface area contributed by atoms with E-state index in [9.17, 15) is 4.21 Å². The average molecular weight is 284 g/mol. The van der Waals surface area contributed by atoms with Gasteiger partial charge in [-0.1, -0.05) is 13.8 Å². The highest BCUT2D eigenvalue weighted by Gasteiger charge is 2.09. The highest BCUT2D eigenvalue weighted by atomic mass is 32.2. The maximum absolute atomic E-state index is 11.4. The van der Waals surface area contributed by atoms with E-state index in [0.29, 0.717) is 18.1 Å². The third-order valence-electron chi connectivity index (χ3n) is 2.80. The first kappa shape index (κ1) is 15.9. The lowest BCUT2D eigenvalue weighted by atomic mass is 10.3. The van der Waals surface area contributed by atoms with Gasteiger partial charge in [0.2, 0.25) is 0 Å². The molecule has 108 valence electrons. The van der Waals surface area contributed by atoms with Crippen LogP contribution in [0.15, 0.2) is 0 Å². The minimum Gasteiger partial charge on any atom is -0.370 e. The molecule has 0 fully saturated rings. The van der Waals surface area contributed by atoms with E-state index in [1.54, 1.807) is 0 Å². The number of hydrogen-bond donors (Lipinski definition) is 2. The van der Waals surface area contributed by atoms with Gasteiger partial charge in [-0.3, -0.25) is 4.21 Å². The summed E-state index contributed by atoms with van der Waals surface area (Å²) in [6.45, 7) is 9.52. The van der Waals surface area contributed by atoms with Crippen LogP contribution in [0.3, 0.4) is 0 Å². The first-order valence-electron chi connectivity index (χ1n) is 6.82. The third-order valence-corrected chi connectivity index (χ3v) is 4.10. The molecular formula is C13H24N4OS. The Morgan fingerprint density at radius 2 is 1.74 bits per heavy atom. The Balaban J connectivity index is 2.80. The molecule has 2 N–H and O–H groups in total. The van der Waals surface area contributed by atoms with Crippen LogP contribution in [0, 0.1) is 6.92 Å². The van der Waals surface area contributed by atoms with Crippen LogP contribution in [0.2, 0.25) is 0 Å². The van der Waals surface area contributed by atoms with Gasteiger partial charge in [-0.15, -0.1) is 0 Å². The van der Waals surface area contributed by atoms with E-state index in [2.05, 4.69) is 20.6 Å². The largest absolute Gasteiger partial charge is 0.370 e. The van der Waals surface area contributed by atoms with E-state index >= 15 is 0 Å². The summed E-state index contributed by atoms with van der Waals surface area (Å²) in [5.74, 6) is 3.90. The lowest BCUT2D eigenvalue weighted by Gasteiger charge is -2.14. The minimum atomic E-state index is -0.745. The number of aromatic nitrogens is 2. The van der Waals surface area contributed by atoms with Gasteiger partial charge in [-0.25, -0.2) is 9.97 Å². The van der Waals surface area contributed by atoms with Gasteiger partial charge >= 0.3 is 0 Å². The predicted octanol–water partition coefficient (Wildman–Crippen LogP) is 1.96. The van der Waals surface area contributed by atoms with Gasteiger partial charge in [0, 0.05) is 47.4 Å². The molecule has 1 aromatic rings. The molecule has 1 heterocycles. The molecule has 0 saturated heterocycles. The lowest BCUT2D eigenvalue weighted by molar-refractivity contribution is 0.684. The number of hydrogen-bond acceptors (Lipinski definition) is 5. The van der Waals surface area contributed by atoms with Crippen molar-refractivity contribution < 1.29 is 4.21 Å². The summed E-state index contributed by atoms with van der Waals surface area (Å²) in [6.07, 6.45) is 0.800. The van der Waals surface area contributed by atoms with Crippen molar-refractivity contribution in [1.29, 1.82) is 0 Å². The number of aryl methyl sites for hydroxylation is 1. The van der Waals surface area contributed by atoms with E-state index < -0.39 is 10.8 Å². The quantitative estimate of drug-likeness (QED) is 0.764. The fourth-order valence-electron chi connectivity index (χ4n) is 1.66. The van der Waals surface area contributed by atoms with E-state index in [0.717, 1.165) is 36.0 Å². The van der Waals surface area contributed by atoms with Crippen molar-refractivity contribution in [2.45, 2.75) is 34.1 Å². The smallest absolute Gasteiger partial charge is 0.134 e. The highest BCUT2D eigenvalue weighted by molar-refractivity contribution is 7.84. The van der Waals surface area contributed by atoms with Crippen molar-refractivity contribution in [3.63, 3.8) is 0 Å². The van der Waals surface area contributed by atoms with Gasteiger partial charge in [-0.05, 0) is 13.8 Å². The van der Waals surface area contributed by atoms with Crippen LogP contribution in [0.25, 0.3) is 0 Å². The van der Waals surface area contributed by atoms with Crippen molar-refractivity contribution in [3.05, 3.63) is 11.4 Å². The first-order chi connectivity index (χ1) is 9.12. The Bertz CT molecular complexity index is 437. The van der Waals surface area contributed by atoms with E-state index in [-0.39, 0.29) is 0 Å². The van der Waals surface area contributed by atoms with Gasteiger partial charge in [-0.2, -0.15) is 0 Å². The summed E-state index contributed by atoms with van der Waals surface area (Å²) in [7, 11) is -0.745. The van der Waals surface area contributed by atoms with E-state index in [1.165, 1.54) is 0 Å². The Kier molecular flexibility index (Phi) is 6.77. The fourth-order valence-corrected chi connectivity index (χ4v) is 2.28. The standard InChI is InChI=1S/C13H24N4OS/c1-5-11-16-12(14-6-2)10(4)13(17-11)15-8-9-19(18)7-3/h5-9H2,1-4H3,(H2,14,15,16,17). The van der Waals surface area contributed by atoms with Crippen molar-refractivity contribution in [2.24, 2.45) is 0 Å². The zero-order valence-electron chi connectivity index (χ0n) is 12.2. The Morgan fingerprint density at radius 1 is 1.11 bits per heavy atom. The second kappa shape index (κ2) is 8.09. The molecule has 0 bridgehead atoms. The predicted molar refractivity (Wildman–Crippen MR) is 82.4 cm³/mol. The van der Waals surface area contributed by atoms with Crippen molar-refractivity contribution in [1.82, 2.24) is 9.97 Å².